The van der Waals surface area contributed by atoms with E-state index in [0.29, 0.717) is 0 Å². The lowest BCUT2D eigenvalue weighted by Gasteiger charge is -2.16. The number of hydrogen-bond acceptors (Lipinski definition) is 7. The molecule has 7 nitrogen and oxygen atoms in total. The number of thiocarbonyl (C=S) groups is 1. The number of thioether (sulfide) groups is 1. The van der Waals surface area contributed by atoms with Crippen molar-refractivity contribution in [2.45, 2.75) is 6.92 Å². The first kappa shape index (κ1) is 15.3. The second-order valence-electron chi connectivity index (χ2n) is 3.90. The van der Waals surface area contributed by atoms with Gasteiger partial charge in [0, 0.05) is 6.07 Å². The number of carbonyl (C=O) groups excluding carboxylic acids is 1. The number of nitrogens with one attached hydrogen (secondary N) is 1. The van der Waals surface area contributed by atoms with Crippen LogP contribution >= 0.6 is 24.0 Å². The molecule has 0 saturated carbocycles. The maximum Gasteiger partial charge on any atom is 0.273 e. The normalized spacial score (nSPS) is 16.1. The van der Waals surface area contributed by atoms with Gasteiger partial charge in [-0.25, -0.2) is 0 Å². The molecule has 1 aliphatic rings. The fourth-order valence-corrected chi connectivity index (χ4v) is 2.68. The summed E-state index contributed by atoms with van der Waals surface area (Å²) in [5.74, 6) is -1.07. The fraction of sp³-hybridized carbons (Fsp3) is 0.167. The second-order valence-corrected chi connectivity index (χ2v) is 5.62. The number of hydrogen-bond donors (Lipinski definition) is 1. The summed E-state index contributed by atoms with van der Waals surface area (Å²) in [5, 5.41) is 25.4. The van der Waals surface area contributed by atoms with Crippen LogP contribution in [0.15, 0.2) is 17.0 Å². The Bertz CT molecular complexity index is 672. The molecule has 110 valence electrons. The van der Waals surface area contributed by atoms with Gasteiger partial charge in [-0.05, 0) is 18.6 Å². The number of rotatable bonds is 4. The van der Waals surface area contributed by atoms with Gasteiger partial charge >= 0.3 is 0 Å². The minimum atomic E-state index is -0.629. The first-order valence-corrected chi connectivity index (χ1v) is 7.02. The summed E-state index contributed by atoms with van der Waals surface area (Å²) >= 11 is 5.83. The molecule has 1 N–H and O–H groups in total. The van der Waals surface area contributed by atoms with Gasteiger partial charge in [-0.1, -0.05) is 29.7 Å². The van der Waals surface area contributed by atoms with Gasteiger partial charge in [-0.3, -0.25) is 14.9 Å². The Morgan fingerprint density at radius 2 is 2.24 bits per heavy atom. The van der Waals surface area contributed by atoms with E-state index in [-0.39, 0.29) is 32.8 Å². The van der Waals surface area contributed by atoms with Crippen molar-refractivity contribution in [1.82, 2.24) is 5.32 Å². The predicted molar refractivity (Wildman–Crippen MR) is 80.0 cm³/mol. The third-order valence-electron chi connectivity index (χ3n) is 2.51. The quantitative estimate of drug-likeness (QED) is 0.387. The highest BCUT2D eigenvalue weighted by molar-refractivity contribution is 8.26. The highest BCUT2D eigenvalue weighted by Gasteiger charge is 2.22. The average molecular weight is 325 g/mol. The van der Waals surface area contributed by atoms with E-state index in [1.807, 2.05) is 0 Å². The van der Waals surface area contributed by atoms with Gasteiger partial charge in [-0.15, -0.1) is 0 Å². The molecule has 1 saturated heterocycles. The van der Waals surface area contributed by atoms with E-state index in [4.69, 9.17) is 17.0 Å². The SMILES string of the molecule is CCOc1cc([N+](=O)[O-])cc(/C=C2\SC(=S)NC2=O)c1[O-]. The fourth-order valence-electron chi connectivity index (χ4n) is 1.65. The molecule has 1 amide bonds. The maximum atomic E-state index is 12.1. The molecule has 9 heteroatoms. The molecule has 21 heavy (non-hydrogen) atoms. The van der Waals surface area contributed by atoms with Gasteiger partial charge in [0.25, 0.3) is 11.6 Å². The molecular formula is C12H9N2O5S2-. The van der Waals surface area contributed by atoms with Gasteiger partial charge in [0.1, 0.15) is 10.1 Å². The molecule has 0 aromatic heterocycles. The average Bonchev–Trinajstić information content (AvgIpc) is 2.72. The Kier molecular flexibility index (Phi) is 4.43. The standard InChI is InChI=1S/C12H10N2O5S2/c1-2-19-8-5-7(14(17)18)3-6(10(8)15)4-9-11(16)13-12(20)21-9/h3-5,15H,2H2,1H3,(H,13,16,20)/p-1/b9-4-. The molecular weight excluding hydrogens is 316 g/mol. The van der Waals surface area contributed by atoms with Crippen LogP contribution < -0.4 is 15.2 Å². The molecule has 1 fully saturated rings. The van der Waals surface area contributed by atoms with E-state index in [9.17, 15) is 20.0 Å². The van der Waals surface area contributed by atoms with E-state index in [1.54, 1.807) is 6.92 Å². The van der Waals surface area contributed by atoms with E-state index < -0.39 is 16.6 Å². The number of ether oxygens (including phenoxy) is 1. The minimum Gasteiger partial charge on any atom is -0.870 e. The number of amides is 1. The highest BCUT2D eigenvalue weighted by Crippen LogP contribution is 2.36. The van der Waals surface area contributed by atoms with Gasteiger partial charge in [-0.2, -0.15) is 0 Å². The van der Waals surface area contributed by atoms with Crippen LogP contribution in [0.3, 0.4) is 0 Å². The zero-order valence-electron chi connectivity index (χ0n) is 10.7. The molecule has 1 aliphatic heterocycles. The summed E-state index contributed by atoms with van der Waals surface area (Å²) in [7, 11) is 0. The third-order valence-corrected chi connectivity index (χ3v) is 3.67. The lowest BCUT2D eigenvalue weighted by atomic mass is 10.1. The minimum absolute atomic E-state index is 0.00926. The van der Waals surface area contributed by atoms with Gasteiger partial charge in [0.2, 0.25) is 0 Å². The smallest absolute Gasteiger partial charge is 0.273 e. The molecule has 1 aromatic rings. The number of nitro benzene ring substituents is 1. The van der Waals surface area contributed by atoms with Crippen LogP contribution in [0.2, 0.25) is 0 Å². The van der Waals surface area contributed by atoms with Crippen molar-refractivity contribution >= 4 is 46.0 Å². The van der Waals surface area contributed by atoms with E-state index in [2.05, 4.69) is 5.32 Å². The van der Waals surface area contributed by atoms with Crippen LogP contribution in [0.25, 0.3) is 6.08 Å². The van der Waals surface area contributed by atoms with Crippen molar-refractivity contribution in [2.24, 2.45) is 0 Å². The monoisotopic (exact) mass is 325 g/mol. The maximum absolute atomic E-state index is 12.1. The Labute approximate surface area is 129 Å². The van der Waals surface area contributed by atoms with Crippen molar-refractivity contribution in [3.05, 3.63) is 32.7 Å². The summed E-state index contributed by atoms with van der Waals surface area (Å²) in [6.07, 6.45) is 1.27. The third kappa shape index (κ3) is 3.31. The van der Waals surface area contributed by atoms with Crippen molar-refractivity contribution in [1.29, 1.82) is 0 Å². The van der Waals surface area contributed by atoms with Gasteiger partial charge in [0.15, 0.2) is 0 Å². The molecule has 1 aromatic carbocycles. The summed E-state index contributed by atoms with van der Waals surface area (Å²) in [4.78, 5) is 22.1. The summed E-state index contributed by atoms with van der Waals surface area (Å²) in [6.45, 7) is 1.86. The van der Waals surface area contributed by atoms with E-state index >= 15 is 0 Å². The molecule has 0 aliphatic carbocycles. The Morgan fingerprint density at radius 3 is 2.76 bits per heavy atom. The number of nitrogens with zero attached hydrogens (tertiary/aromatic N) is 1. The van der Waals surface area contributed by atoms with Crippen LogP contribution in [-0.2, 0) is 4.79 Å². The van der Waals surface area contributed by atoms with Gasteiger partial charge in [0.05, 0.1) is 22.5 Å². The Balaban J connectivity index is 2.52. The molecule has 0 atom stereocenters. The lowest BCUT2D eigenvalue weighted by molar-refractivity contribution is -0.385. The van der Waals surface area contributed by atoms with Crippen LogP contribution in [0.5, 0.6) is 11.5 Å². The molecule has 0 unspecified atom stereocenters. The first-order valence-electron chi connectivity index (χ1n) is 5.79. The van der Waals surface area contributed by atoms with Crippen molar-refractivity contribution in [2.75, 3.05) is 6.61 Å². The first-order chi connectivity index (χ1) is 9.92. The number of nitro groups is 1. The highest BCUT2D eigenvalue weighted by atomic mass is 32.2. The van der Waals surface area contributed by atoms with Gasteiger partial charge < -0.3 is 15.2 Å². The number of carbonyl (C=O) groups is 1. The Hall–Kier alpha value is -2.13. The number of benzene rings is 1. The van der Waals surface area contributed by atoms with Crippen LogP contribution in [0, 0.1) is 10.1 Å². The van der Waals surface area contributed by atoms with Crippen LogP contribution in [0.1, 0.15) is 12.5 Å². The summed E-state index contributed by atoms with van der Waals surface area (Å²) < 4.78 is 5.37. The van der Waals surface area contributed by atoms with Crippen molar-refractivity contribution < 1.29 is 19.6 Å². The molecule has 2 rings (SSSR count). The topological polar surface area (TPSA) is 105 Å². The zero-order valence-corrected chi connectivity index (χ0v) is 12.4. The molecule has 0 radical (unpaired) electrons. The lowest BCUT2D eigenvalue weighted by Crippen LogP contribution is -2.17. The molecule has 0 spiro atoms. The summed E-state index contributed by atoms with van der Waals surface area (Å²) in [5.41, 5.74) is -0.272. The van der Waals surface area contributed by atoms with E-state index in [1.165, 1.54) is 6.08 Å². The largest absolute Gasteiger partial charge is 0.870 e. The number of non-ortho nitro benzene ring substituents is 1. The van der Waals surface area contributed by atoms with Crippen molar-refractivity contribution in [3.8, 4) is 11.5 Å². The Morgan fingerprint density at radius 1 is 1.52 bits per heavy atom. The molecule has 0 bridgehead atoms. The predicted octanol–water partition coefficient (Wildman–Crippen LogP) is 1.56. The second kappa shape index (κ2) is 6.10. The zero-order chi connectivity index (χ0) is 15.6. The van der Waals surface area contributed by atoms with Crippen LogP contribution in [0.4, 0.5) is 5.69 Å². The van der Waals surface area contributed by atoms with Crippen molar-refractivity contribution in [3.63, 3.8) is 0 Å². The van der Waals surface area contributed by atoms with E-state index in [0.717, 1.165) is 23.9 Å². The molecule has 1 heterocycles. The van der Waals surface area contributed by atoms with Crippen LogP contribution in [-0.4, -0.2) is 21.8 Å². The summed E-state index contributed by atoms with van der Waals surface area (Å²) in [6, 6.07) is 2.17.